The normalized spacial score (nSPS) is 15.6. The number of hydrogen-bond acceptors (Lipinski definition) is 4. The number of aryl methyl sites for hydroxylation is 1. The van der Waals surface area contributed by atoms with Gasteiger partial charge in [0.05, 0.1) is 11.4 Å². The van der Waals surface area contributed by atoms with E-state index in [9.17, 15) is 14.4 Å². The van der Waals surface area contributed by atoms with Gasteiger partial charge in [0, 0.05) is 24.2 Å². The number of hydrogen-bond donors (Lipinski definition) is 3. The fourth-order valence-corrected chi connectivity index (χ4v) is 3.31. The number of anilines is 2. The number of nitrogens with two attached hydrogens (primary N) is 1. The summed E-state index contributed by atoms with van der Waals surface area (Å²) in [5.74, 6) is -0.792. The molecule has 2 aromatic carbocycles. The number of nitrogens with one attached hydrogen (secondary N) is 2. The van der Waals surface area contributed by atoms with E-state index < -0.39 is 6.04 Å². The first kappa shape index (κ1) is 19.6. The van der Waals surface area contributed by atoms with Gasteiger partial charge in [-0.3, -0.25) is 19.3 Å². The Morgan fingerprint density at radius 1 is 1.18 bits per heavy atom. The van der Waals surface area contributed by atoms with Crippen LogP contribution in [0, 0.1) is 6.92 Å². The first-order chi connectivity index (χ1) is 13.5. The highest BCUT2D eigenvalue weighted by Crippen LogP contribution is 2.35. The van der Waals surface area contributed by atoms with E-state index >= 15 is 0 Å². The minimum absolute atomic E-state index is 0.244. The molecule has 146 valence electrons. The lowest BCUT2D eigenvalue weighted by Crippen LogP contribution is -2.50. The Hall–Kier alpha value is -3.19. The zero-order chi connectivity index (χ0) is 20.3. The highest BCUT2D eigenvalue weighted by Gasteiger charge is 2.36. The van der Waals surface area contributed by atoms with Gasteiger partial charge in [-0.1, -0.05) is 24.6 Å². The summed E-state index contributed by atoms with van der Waals surface area (Å²) in [7, 11) is 0. The first-order valence-electron chi connectivity index (χ1n) is 9.29. The Kier molecular flexibility index (Phi) is 5.75. The number of benzene rings is 2. The zero-order valence-electron chi connectivity index (χ0n) is 16.0. The summed E-state index contributed by atoms with van der Waals surface area (Å²) in [6.07, 6.45) is 0.474. The van der Waals surface area contributed by atoms with Crippen LogP contribution in [0.2, 0.25) is 0 Å². The third-order valence-corrected chi connectivity index (χ3v) is 4.69. The van der Waals surface area contributed by atoms with Crippen LogP contribution in [-0.4, -0.2) is 36.9 Å². The summed E-state index contributed by atoms with van der Waals surface area (Å²) >= 11 is 0. The first-order valence-corrected chi connectivity index (χ1v) is 9.29. The standard InChI is InChI=1S/C21H24N4O3/c1-3-17-20(27)24-16-12-14(19(26)23-10-9-22)7-8-18(16)25(17)21(28)15-6-4-5-13(2)11-15/h4-8,11-12,17H,3,9-10,22H2,1-2H3,(H,23,26)(H,24,27). The number of fused-ring (bicyclic) bond motifs is 1. The summed E-state index contributed by atoms with van der Waals surface area (Å²) in [4.78, 5) is 39.6. The predicted octanol–water partition coefficient (Wildman–Crippen LogP) is 2.06. The van der Waals surface area contributed by atoms with Crippen LogP contribution in [0.15, 0.2) is 42.5 Å². The minimum Gasteiger partial charge on any atom is -0.351 e. The molecule has 1 atom stereocenters. The molecule has 0 saturated heterocycles. The SMILES string of the molecule is CCC1C(=O)Nc2cc(C(=O)NCCN)ccc2N1C(=O)c1cccc(C)c1. The molecule has 1 unspecified atom stereocenters. The Bertz CT molecular complexity index is 926. The maximum absolute atomic E-state index is 13.2. The second-order valence-corrected chi connectivity index (χ2v) is 6.73. The number of carbonyl (C=O) groups excluding carboxylic acids is 3. The molecule has 0 spiro atoms. The summed E-state index contributed by atoms with van der Waals surface area (Å²) in [5.41, 5.74) is 8.31. The number of amides is 3. The summed E-state index contributed by atoms with van der Waals surface area (Å²) in [6, 6.07) is 11.6. The van der Waals surface area contributed by atoms with Gasteiger partial charge in [0.2, 0.25) is 5.91 Å². The van der Waals surface area contributed by atoms with Gasteiger partial charge in [-0.05, 0) is 43.7 Å². The Balaban J connectivity index is 2.01. The molecular formula is C21H24N4O3. The minimum atomic E-state index is -0.613. The van der Waals surface area contributed by atoms with E-state index in [1.807, 2.05) is 26.0 Å². The molecule has 0 fully saturated rings. The molecule has 0 aliphatic carbocycles. The van der Waals surface area contributed by atoms with Crippen molar-refractivity contribution in [2.24, 2.45) is 5.73 Å². The summed E-state index contributed by atoms with van der Waals surface area (Å²) < 4.78 is 0. The van der Waals surface area contributed by atoms with Crippen molar-refractivity contribution in [2.45, 2.75) is 26.3 Å². The maximum atomic E-state index is 13.2. The molecule has 7 heteroatoms. The Labute approximate surface area is 163 Å². The second kappa shape index (κ2) is 8.22. The molecule has 1 heterocycles. The van der Waals surface area contributed by atoms with Gasteiger partial charge in [0.1, 0.15) is 6.04 Å². The topological polar surface area (TPSA) is 105 Å². The lowest BCUT2D eigenvalue weighted by Gasteiger charge is -2.36. The fourth-order valence-electron chi connectivity index (χ4n) is 3.31. The largest absolute Gasteiger partial charge is 0.351 e. The van der Waals surface area contributed by atoms with Crippen molar-refractivity contribution in [3.63, 3.8) is 0 Å². The van der Waals surface area contributed by atoms with Gasteiger partial charge in [0.15, 0.2) is 0 Å². The van der Waals surface area contributed by atoms with Crippen molar-refractivity contribution in [1.82, 2.24) is 5.32 Å². The molecule has 1 aliphatic heterocycles. The van der Waals surface area contributed by atoms with Crippen molar-refractivity contribution in [3.8, 4) is 0 Å². The second-order valence-electron chi connectivity index (χ2n) is 6.73. The molecule has 0 radical (unpaired) electrons. The number of carbonyl (C=O) groups is 3. The predicted molar refractivity (Wildman–Crippen MR) is 109 cm³/mol. The lowest BCUT2D eigenvalue weighted by molar-refractivity contribution is -0.117. The Morgan fingerprint density at radius 2 is 1.96 bits per heavy atom. The average Bonchev–Trinajstić information content (AvgIpc) is 2.69. The van der Waals surface area contributed by atoms with Gasteiger partial charge >= 0.3 is 0 Å². The van der Waals surface area contributed by atoms with Gasteiger partial charge in [-0.2, -0.15) is 0 Å². The van der Waals surface area contributed by atoms with E-state index in [2.05, 4.69) is 10.6 Å². The van der Waals surface area contributed by atoms with Gasteiger partial charge in [0.25, 0.3) is 11.8 Å². The van der Waals surface area contributed by atoms with Crippen LogP contribution in [0.3, 0.4) is 0 Å². The van der Waals surface area contributed by atoms with E-state index in [-0.39, 0.29) is 17.7 Å². The van der Waals surface area contributed by atoms with Crippen LogP contribution in [-0.2, 0) is 4.79 Å². The molecule has 7 nitrogen and oxygen atoms in total. The molecule has 3 amide bonds. The van der Waals surface area contributed by atoms with Crippen LogP contribution < -0.4 is 21.3 Å². The molecule has 28 heavy (non-hydrogen) atoms. The van der Waals surface area contributed by atoms with Crippen LogP contribution in [0.4, 0.5) is 11.4 Å². The molecule has 4 N–H and O–H groups in total. The highest BCUT2D eigenvalue weighted by atomic mass is 16.2. The molecule has 0 bridgehead atoms. The van der Waals surface area contributed by atoms with Crippen molar-refractivity contribution >= 4 is 29.1 Å². The molecule has 0 saturated carbocycles. The highest BCUT2D eigenvalue weighted by molar-refractivity contribution is 6.17. The molecule has 3 rings (SSSR count). The van der Waals surface area contributed by atoms with E-state index in [4.69, 9.17) is 5.73 Å². The monoisotopic (exact) mass is 380 g/mol. The van der Waals surface area contributed by atoms with Gasteiger partial charge in [-0.15, -0.1) is 0 Å². The summed E-state index contributed by atoms with van der Waals surface area (Å²) in [6.45, 7) is 4.47. The molecule has 1 aliphatic rings. The van der Waals surface area contributed by atoms with Crippen LogP contribution in [0.25, 0.3) is 0 Å². The van der Waals surface area contributed by atoms with Crippen molar-refractivity contribution in [1.29, 1.82) is 0 Å². The summed E-state index contributed by atoms with van der Waals surface area (Å²) in [5, 5.41) is 5.52. The van der Waals surface area contributed by atoms with Crippen LogP contribution in [0.5, 0.6) is 0 Å². The molecule has 2 aromatic rings. The average molecular weight is 380 g/mol. The zero-order valence-corrected chi connectivity index (χ0v) is 16.0. The van der Waals surface area contributed by atoms with E-state index in [1.165, 1.54) is 4.90 Å². The van der Waals surface area contributed by atoms with E-state index in [0.717, 1.165) is 5.56 Å². The van der Waals surface area contributed by atoms with E-state index in [1.54, 1.807) is 30.3 Å². The smallest absolute Gasteiger partial charge is 0.259 e. The van der Waals surface area contributed by atoms with Crippen molar-refractivity contribution in [3.05, 3.63) is 59.2 Å². The number of rotatable bonds is 5. The third-order valence-electron chi connectivity index (χ3n) is 4.69. The third kappa shape index (κ3) is 3.75. The van der Waals surface area contributed by atoms with Crippen LogP contribution >= 0.6 is 0 Å². The van der Waals surface area contributed by atoms with Gasteiger partial charge in [-0.25, -0.2) is 0 Å². The molecule has 0 aromatic heterocycles. The molecular weight excluding hydrogens is 356 g/mol. The van der Waals surface area contributed by atoms with Crippen molar-refractivity contribution in [2.75, 3.05) is 23.3 Å². The fraction of sp³-hybridized carbons (Fsp3) is 0.286. The van der Waals surface area contributed by atoms with Gasteiger partial charge < -0.3 is 16.4 Å². The quantitative estimate of drug-likeness (QED) is 0.738. The van der Waals surface area contributed by atoms with Crippen molar-refractivity contribution < 1.29 is 14.4 Å². The lowest BCUT2D eigenvalue weighted by atomic mass is 10.0. The maximum Gasteiger partial charge on any atom is 0.259 e. The number of nitrogens with zero attached hydrogens (tertiary/aromatic N) is 1. The van der Waals surface area contributed by atoms with E-state index in [0.29, 0.717) is 42.0 Å². The Morgan fingerprint density at radius 3 is 2.64 bits per heavy atom. The van der Waals surface area contributed by atoms with Crippen LogP contribution in [0.1, 0.15) is 39.6 Å².